The molecule has 0 aromatic carbocycles. The Kier molecular flexibility index (Phi) is 2.15. The summed E-state index contributed by atoms with van der Waals surface area (Å²) < 4.78 is 38.4. The smallest absolute Gasteiger partial charge is 0.325 e. The number of rotatable bonds is 1. The van der Waals surface area contributed by atoms with Gasteiger partial charge in [-0.15, -0.1) is 0 Å². The summed E-state index contributed by atoms with van der Waals surface area (Å²) in [7, 11) is 0. The highest BCUT2D eigenvalue weighted by Gasteiger charge is 2.30. The first-order chi connectivity index (χ1) is 7.00. The lowest BCUT2D eigenvalue weighted by Gasteiger charge is -2.05. The summed E-state index contributed by atoms with van der Waals surface area (Å²) in [5.41, 5.74) is 5.67. The summed E-state index contributed by atoms with van der Waals surface area (Å²) in [4.78, 5) is 4.02. The second kappa shape index (κ2) is 3.23. The Balaban J connectivity index is 2.55. The molecule has 0 fully saturated rings. The average Bonchev–Trinajstić information content (AvgIpc) is 2.57. The quantitative estimate of drug-likeness (QED) is 0.788. The van der Waals surface area contributed by atoms with Crippen LogP contribution < -0.4 is 5.73 Å². The van der Waals surface area contributed by atoms with Crippen molar-refractivity contribution < 1.29 is 13.2 Å². The highest BCUT2D eigenvalue weighted by atomic mass is 19.4. The van der Waals surface area contributed by atoms with Crippen LogP contribution in [0.5, 0.6) is 0 Å². The third-order valence-electron chi connectivity index (χ3n) is 2.04. The minimum atomic E-state index is -4.33. The Labute approximate surface area is 83.3 Å². The van der Waals surface area contributed by atoms with Crippen molar-refractivity contribution in [1.82, 2.24) is 9.38 Å². The van der Waals surface area contributed by atoms with Crippen LogP contribution in [0.2, 0.25) is 0 Å². The molecule has 0 saturated heterocycles. The third-order valence-corrected chi connectivity index (χ3v) is 2.04. The van der Waals surface area contributed by atoms with Crippen molar-refractivity contribution >= 4 is 5.65 Å². The molecule has 6 heteroatoms. The Bertz CT molecular complexity index is 487. The van der Waals surface area contributed by atoms with Crippen molar-refractivity contribution in [1.29, 1.82) is 0 Å². The standard InChI is InChI=1S/C9H8F3N3/c10-9(11,12)6-1-2-8-14-7(3-13)5-15(8)4-6/h1-2,4-5H,3,13H2. The molecule has 3 nitrogen and oxygen atoms in total. The van der Waals surface area contributed by atoms with Gasteiger partial charge in [0.05, 0.1) is 11.3 Å². The summed E-state index contributed by atoms with van der Waals surface area (Å²) in [5.74, 6) is 0. The molecule has 2 N–H and O–H groups in total. The van der Waals surface area contributed by atoms with Crippen molar-refractivity contribution in [3.8, 4) is 0 Å². The fraction of sp³-hybridized carbons (Fsp3) is 0.222. The molecule has 0 unspecified atom stereocenters. The predicted molar refractivity (Wildman–Crippen MR) is 48.1 cm³/mol. The number of imidazole rings is 1. The summed E-state index contributed by atoms with van der Waals surface area (Å²) in [5, 5.41) is 0. The lowest BCUT2D eigenvalue weighted by molar-refractivity contribution is -0.137. The Morgan fingerprint density at radius 1 is 1.27 bits per heavy atom. The van der Waals surface area contributed by atoms with Gasteiger partial charge in [0.15, 0.2) is 0 Å². The molecule has 0 atom stereocenters. The molecule has 0 radical (unpaired) electrons. The van der Waals surface area contributed by atoms with Crippen LogP contribution in [0, 0.1) is 0 Å². The summed E-state index contributed by atoms with van der Waals surface area (Å²) in [6.45, 7) is 0.211. The molecule has 0 saturated carbocycles. The van der Waals surface area contributed by atoms with Crippen molar-refractivity contribution in [2.75, 3.05) is 0 Å². The second-order valence-electron chi connectivity index (χ2n) is 3.12. The summed E-state index contributed by atoms with van der Waals surface area (Å²) in [6, 6.07) is 2.32. The number of aromatic nitrogens is 2. The van der Waals surface area contributed by atoms with Gasteiger partial charge >= 0.3 is 6.18 Å². The van der Waals surface area contributed by atoms with Crippen LogP contribution in [0.25, 0.3) is 5.65 Å². The van der Waals surface area contributed by atoms with E-state index in [0.29, 0.717) is 11.3 Å². The van der Waals surface area contributed by atoms with Gasteiger partial charge in [-0.25, -0.2) is 4.98 Å². The molecule has 0 amide bonds. The van der Waals surface area contributed by atoms with Crippen LogP contribution in [0.4, 0.5) is 13.2 Å². The molecule has 0 spiro atoms. The molecular weight excluding hydrogens is 207 g/mol. The van der Waals surface area contributed by atoms with Crippen LogP contribution >= 0.6 is 0 Å². The lowest BCUT2D eigenvalue weighted by atomic mass is 10.3. The molecule has 2 heterocycles. The highest BCUT2D eigenvalue weighted by Crippen LogP contribution is 2.29. The van der Waals surface area contributed by atoms with E-state index in [2.05, 4.69) is 4.98 Å². The minimum absolute atomic E-state index is 0.211. The maximum Gasteiger partial charge on any atom is 0.417 e. The number of pyridine rings is 1. The van der Waals surface area contributed by atoms with Gasteiger partial charge in [-0.1, -0.05) is 0 Å². The molecule has 2 aromatic heterocycles. The van der Waals surface area contributed by atoms with Gasteiger partial charge in [-0.3, -0.25) is 0 Å². The van der Waals surface area contributed by atoms with E-state index < -0.39 is 11.7 Å². The highest BCUT2D eigenvalue weighted by molar-refractivity contribution is 5.41. The molecule has 0 aliphatic rings. The number of halogens is 3. The Morgan fingerprint density at radius 3 is 2.60 bits per heavy atom. The predicted octanol–water partition coefficient (Wildman–Crippen LogP) is 1.81. The van der Waals surface area contributed by atoms with E-state index in [1.165, 1.54) is 16.7 Å². The van der Waals surface area contributed by atoms with Crippen LogP contribution in [0.15, 0.2) is 24.5 Å². The lowest BCUT2D eigenvalue weighted by Crippen LogP contribution is -2.05. The molecule has 80 valence electrons. The van der Waals surface area contributed by atoms with Gasteiger partial charge in [0.1, 0.15) is 5.65 Å². The molecular formula is C9H8F3N3. The second-order valence-corrected chi connectivity index (χ2v) is 3.12. The van der Waals surface area contributed by atoms with E-state index in [4.69, 9.17) is 5.73 Å². The van der Waals surface area contributed by atoms with E-state index in [1.807, 2.05) is 0 Å². The normalized spacial score (nSPS) is 12.3. The topological polar surface area (TPSA) is 43.3 Å². The van der Waals surface area contributed by atoms with E-state index in [1.54, 1.807) is 0 Å². The van der Waals surface area contributed by atoms with E-state index in [-0.39, 0.29) is 6.54 Å². The molecule has 0 aliphatic heterocycles. The van der Waals surface area contributed by atoms with Crippen molar-refractivity contribution in [3.63, 3.8) is 0 Å². The van der Waals surface area contributed by atoms with Crippen LogP contribution in [-0.4, -0.2) is 9.38 Å². The van der Waals surface area contributed by atoms with Crippen molar-refractivity contribution in [3.05, 3.63) is 35.8 Å². The maximum absolute atomic E-state index is 12.3. The van der Waals surface area contributed by atoms with Crippen LogP contribution in [0.3, 0.4) is 0 Å². The summed E-state index contributed by atoms with van der Waals surface area (Å²) in [6.07, 6.45) is -1.84. The number of fused-ring (bicyclic) bond motifs is 1. The molecule has 15 heavy (non-hydrogen) atoms. The first kappa shape index (κ1) is 9.97. The average molecular weight is 215 g/mol. The van der Waals surface area contributed by atoms with Gasteiger partial charge < -0.3 is 10.1 Å². The number of hydrogen-bond acceptors (Lipinski definition) is 2. The molecule has 0 bridgehead atoms. The van der Waals surface area contributed by atoms with Crippen LogP contribution in [0.1, 0.15) is 11.3 Å². The molecule has 2 rings (SSSR count). The number of alkyl halides is 3. The zero-order chi connectivity index (χ0) is 11.1. The van der Waals surface area contributed by atoms with E-state index >= 15 is 0 Å². The fourth-order valence-electron chi connectivity index (χ4n) is 1.31. The van der Waals surface area contributed by atoms with E-state index in [9.17, 15) is 13.2 Å². The zero-order valence-corrected chi connectivity index (χ0v) is 7.62. The first-order valence-electron chi connectivity index (χ1n) is 4.25. The summed E-state index contributed by atoms with van der Waals surface area (Å²) >= 11 is 0. The Hall–Kier alpha value is -1.56. The maximum atomic E-state index is 12.3. The molecule has 0 aliphatic carbocycles. The van der Waals surface area contributed by atoms with Crippen molar-refractivity contribution in [2.24, 2.45) is 5.73 Å². The first-order valence-corrected chi connectivity index (χ1v) is 4.25. The van der Waals surface area contributed by atoms with Gasteiger partial charge in [0.2, 0.25) is 0 Å². The fourth-order valence-corrected chi connectivity index (χ4v) is 1.31. The number of nitrogens with two attached hydrogens (primary N) is 1. The third kappa shape index (κ3) is 1.80. The zero-order valence-electron chi connectivity index (χ0n) is 7.62. The van der Waals surface area contributed by atoms with Gasteiger partial charge in [-0.2, -0.15) is 13.2 Å². The minimum Gasteiger partial charge on any atom is -0.325 e. The largest absolute Gasteiger partial charge is 0.417 e. The number of nitrogens with zero attached hydrogens (tertiary/aromatic N) is 2. The van der Waals surface area contributed by atoms with Gasteiger partial charge in [0, 0.05) is 18.9 Å². The van der Waals surface area contributed by atoms with Crippen LogP contribution in [-0.2, 0) is 12.7 Å². The molecule has 2 aromatic rings. The monoisotopic (exact) mass is 215 g/mol. The number of hydrogen-bond donors (Lipinski definition) is 1. The Morgan fingerprint density at radius 2 is 2.00 bits per heavy atom. The van der Waals surface area contributed by atoms with Crippen molar-refractivity contribution in [2.45, 2.75) is 12.7 Å². The SMILES string of the molecule is NCc1cn2cc(C(F)(F)F)ccc2n1. The van der Waals surface area contributed by atoms with Gasteiger partial charge in [-0.05, 0) is 12.1 Å². The van der Waals surface area contributed by atoms with Gasteiger partial charge in [0.25, 0.3) is 0 Å². The van der Waals surface area contributed by atoms with E-state index in [0.717, 1.165) is 12.3 Å².